The van der Waals surface area contributed by atoms with Crippen molar-refractivity contribution in [1.29, 1.82) is 0 Å². The first kappa shape index (κ1) is 14.5. The fourth-order valence-electron chi connectivity index (χ4n) is 2.38. The van der Waals surface area contributed by atoms with Crippen molar-refractivity contribution in [2.24, 2.45) is 4.99 Å². The summed E-state index contributed by atoms with van der Waals surface area (Å²) in [5.41, 5.74) is 3.81. The highest BCUT2D eigenvalue weighted by molar-refractivity contribution is 14.1. The summed E-state index contributed by atoms with van der Waals surface area (Å²) in [4.78, 5) is 4.75. The van der Waals surface area contributed by atoms with Gasteiger partial charge in [-0.3, -0.25) is 4.99 Å². The first-order chi connectivity index (χ1) is 9.02. The van der Waals surface area contributed by atoms with Gasteiger partial charge >= 0.3 is 0 Å². The predicted octanol–water partition coefficient (Wildman–Crippen LogP) is 5.66. The van der Waals surface area contributed by atoms with Crippen LogP contribution < -0.4 is 0 Å². The van der Waals surface area contributed by atoms with Crippen LogP contribution in [0.2, 0.25) is 0 Å². The number of fused-ring (bicyclic) bond motifs is 3. The Balaban J connectivity index is 0.000000408. The summed E-state index contributed by atoms with van der Waals surface area (Å²) in [5, 5.41) is 2.54. The van der Waals surface area contributed by atoms with Crippen LogP contribution in [0.25, 0.3) is 10.8 Å². The summed E-state index contributed by atoms with van der Waals surface area (Å²) in [6.07, 6.45) is 0. The number of rotatable bonds is 0. The van der Waals surface area contributed by atoms with Gasteiger partial charge in [0.1, 0.15) is 0 Å². The molecular weight excluding hydrogens is 345 g/mol. The fraction of sp³-hybridized carbons (Fsp3) is 0.353. The summed E-state index contributed by atoms with van der Waals surface area (Å²) in [7, 11) is 0. The molecule has 100 valence electrons. The second-order valence-electron chi connectivity index (χ2n) is 5.27. The van der Waals surface area contributed by atoms with E-state index in [0.717, 1.165) is 0 Å². The highest BCUT2D eigenvalue weighted by atomic mass is 127. The van der Waals surface area contributed by atoms with Gasteiger partial charge in [-0.05, 0) is 22.3 Å². The summed E-state index contributed by atoms with van der Waals surface area (Å²) >= 11 is 2.29. The molecule has 0 amide bonds. The van der Waals surface area contributed by atoms with Crippen LogP contribution in [0.15, 0.2) is 41.4 Å². The molecule has 1 nitrogen and oxygen atoms in total. The summed E-state index contributed by atoms with van der Waals surface area (Å²) in [5.74, 6) is 0. The molecule has 0 saturated heterocycles. The zero-order valence-corrected chi connectivity index (χ0v) is 14.2. The molecule has 0 aliphatic carbocycles. The third kappa shape index (κ3) is 2.55. The molecule has 0 N–H and O–H groups in total. The Morgan fingerprint density at radius 2 is 1.74 bits per heavy atom. The maximum absolute atomic E-state index is 4.75. The van der Waals surface area contributed by atoms with E-state index >= 15 is 0 Å². The SMILES string of the molecule is CC1=Nc2c(ccc3ccccc23)C1(C)C.CCI. The quantitative estimate of drug-likeness (QED) is 0.422. The van der Waals surface area contributed by atoms with E-state index in [1.54, 1.807) is 0 Å². The molecule has 0 saturated carbocycles. The van der Waals surface area contributed by atoms with Crippen molar-refractivity contribution in [2.75, 3.05) is 4.43 Å². The molecule has 0 radical (unpaired) electrons. The van der Waals surface area contributed by atoms with Crippen LogP contribution in [0.3, 0.4) is 0 Å². The minimum atomic E-state index is 0.0827. The highest BCUT2D eigenvalue weighted by Gasteiger charge is 2.32. The van der Waals surface area contributed by atoms with Gasteiger partial charge in [-0.1, -0.05) is 79.8 Å². The second kappa shape index (κ2) is 5.61. The van der Waals surface area contributed by atoms with Crippen LogP contribution >= 0.6 is 22.6 Å². The van der Waals surface area contributed by atoms with Crippen LogP contribution in [0.5, 0.6) is 0 Å². The van der Waals surface area contributed by atoms with E-state index in [2.05, 4.69) is 86.7 Å². The maximum atomic E-state index is 4.75. The van der Waals surface area contributed by atoms with Crippen LogP contribution in [-0.2, 0) is 5.41 Å². The molecule has 2 aromatic carbocycles. The van der Waals surface area contributed by atoms with E-state index in [9.17, 15) is 0 Å². The van der Waals surface area contributed by atoms with Crippen molar-refractivity contribution in [3.8, 4) is 0 Å². The molecule has 3 rings (SSSR count). The van der Waals surface area contributed by atoms with E-state index in [0.29, 0.717) is 0 Å². The Kier molecular flexibility index (Phi) is 4.29. The molecular formula is C17H20IN. The minimum absolute atomic E-state index is 0.0827. The van der Waals surface area contributed by atoms with Crippen molar-refractivity contribution in [2.45, 2.75) is 33.1 Å². The smallest absolute Gasteiger partial charge is 0.0748 e. The summed E-state index contributed by atoms with van der Waals surface area (Å²) in [6.45, 7) is 8.72. The molecule has 0 bridgehead atoms. The van der Waals surface area contributed by atoms with E-state index in [1.807, 2.05) is 0 Å². The Morgan fingerprint density at radius 3 is 2.42 bits per heavy atom. The van der Waals surface area contributed by atoms with Gasteiger partial charge in [0.05, 0.1) is 5.69 Å². The van der Waals surface area contributed by atoms with Crippen molar-refractivity contribution < 1.29 is 0 Å². The molecule has 19 heavy (non-hydrogen) atoms. The molecule has 0 aromatic heterocycles. The van der Waals surface area contributed by atoms with Crippen molar-refractivity contribution in [1.82, 2.24) is 0 Å². The van der Waals surface area contributed by atoms with Gasteiger partial charge in [0.2, 0.25) is 0 Å². The number of hydrogen-bond donors (Lipinski definition) is 0. The average Bonchev–Trinajstić information content (AvgIpc) is 2.62. The molecule has 0 spiro atoms. The Labute approximate surface area is 129 Å². The lowest BCUT2D eigenvalue weighted by atomic mass is 9.81. The Bertz CT molecular complexity index is 626. The number of nitrogens with zero attached hydrogens (tertiary/aromatic N) is 1. The zero-order valence-electron chi connectivity index (χ0n) is 12.0. The number of alkyl halides is 1. The first-order valence-electron chi connectivity index (χ1n) is 6.66. The predicted molar refractivity (Wildman–Crippen MR) is 94.3 cm³/mol. The van der Waals surface area contributed by atoms with E-state index in [1.165, 1.54) is 32.2 Å². The maximum Gasteiger partial charge on any atom is 0.0748 e. The lowest BCUT2D eigenvalue weighted by Crippen LogP contribution is -2.22. The Morgan fingerprint density at radius 1 is 1.11 bits per heavy atom. The fourth-order valence-corrected chi connectivity index (χ4v) is 2.38. The number of benzene rings is 2. The lowest BCUT2D eigenvalue weighted by Gasteiger charge is -2.20. The lowest BCUT2D eigenvalue weighted by molar-refractivity contribution is 0.734. The standard InChI is InChI=1S/C15H15N.C2H5I/c1-10-15(2,3)13-9-8-11-6-4-5-7-12(11)14(13)16-10;1-2-3/h4-9H,1-3H3;2H2,1H3. The largest absolute Gasteiger partial charge is 0.256 e. The summed E-state index contributed by atoms with van der Waals surface area (Å²) < 4.78 is 1.22. The van der Waals surface area contributed by atoms with Gasteiger partial charge in [0.15, 0.2) is 0 Å². The minimum Gasteiger partial charge on any atom is -0.256 e. The number of hydrogen-bond acceptors (Lipinski definition) is 1. The normalized spacial score (nSPS) is 15.5. The number of aliphatic imine (C=N–C) groups is 1. The van der Waals surface area contributed by atoms with E-state index in [4.69, 9.17) is 4.99 Å². The van der Waals surface area contributed by atoms with Crippen LogP contribution in [0, 0.1) is 0 Å². The van der Waals surface area contributed by atoms with Gasteiger partial charge < -0.3 is 0 Å². The number of halogens is 1. The van der Waals surface area contributed by atoms with E-state index in [-0.39, 0.29) is 5.41 Å². The molecule has 1 aliphatic heterocycles. The van der Waals surface area contributed by atoms with Gasteiger partial charge in [-0.2, -0.15) is 0 Å². The molecule has 2 aromatic rings. The molecule has 2 heteroatoms. The van der Waals surface area contributed by atoms with E-state index < -0.39 is 0 Å². The molecule has 1 heterocycles. The third-order valence-electron chi connectivity index (χ3n) is 3.76. The first-order valence-corrected chi connectivity index (χ1v) is 8.19. The topological polar surface area (TPSA) is 12.4 Å². The molecule has 1 aliphatic rings. The van der Waals surface area contributed by atoms with Gasteiger partial charge in [0, 0.05) is 16.5 Å². The zero-order chi connectivity index (χ0) is 14.0. The van der Waals surface area contributed by atoms with Crippen LogP contribution in [0.1, 0.15) is 33.3 Å². The second-order valence-corrected chi connectivity index (χ2v) is 6.80. The van der Waals surface area contributed by atoms with Crippen LogP contribution in [-0.4, -0.2) is 10.1 Å². The van der Waals surface area contributed by atoms with Crippen molar-refractivity contribution in [3.63, 3.8) is 0 Å². The molecule has 0 unspecified atom stereocenters. The van der Waals surface area contributed by atoms with Gasteiger partial charge in [-0.15, -0.1) is 0 Å². The average molecular weight is 365 g/mol. The molecule has 0 fully saturated rings. The van der Waals surface area contributed by atoms with Gasteiger partial charge in [-0.25, -0.2) is 0 Å². The Hall–Kier alpha value is -0.900. The van der Waals surface area contributed by atoms with Gasteiger partial charge in [0.25, 0.3) is 0 Å². The van der Waals surface area contributed by atoms with Crippen molar-refractivity contribution in [3.05, 3.63) is 42.0 Å². The van der Waals surface area contributed by atoms with Crippen LogP contribution in [0.4, 0.5) is 5.69 Å². The highest BCUT2D eigenvalue weighted by Crippen LogP contribution is 2.43. The molecule has 0 atom stereocenters. The van der Waals surface area contributed by atoms with Crippen molar-refractivity contribution >= 4 is 44.8 Å². The monoisotopic (exact) mass is 365 g/mol. The summed E-state index contributed by atoms with van der Waals surface area (Å²) in [6, 6.07) is 12.9. The third-order valence-corrected chi connectivity index (χ3v) is 3.76.